The molecule has 72 heavy (non-hydrogen) atoms. The first-order valence-electron chi connectivity index (χ1n) is 30.5. The van der Waals surface area contributed by atoms with Crippen LogP contribution in [-0.2, 0) is 14.3 Å². The standard InChI is InChI=1S/C66H115NO5/c1-4-7-10-13-16-19-22-25-28-31-32-35-38-41-44-47-50-53-56-59-66(71)72-62(57-54-51-48-45-42-39-36-33-29-26-23-20-17-14-11-8-5-2)60-65(70)67-63(61-68)64(69)58-55-52-49-46-43-40-37-34-30-27-24-21-18-15-12-9-6-3/h7,10,16-17,19-20,25-26,28-29,32,35,41,44,50,53,62-64,68-69H,4-6,8-9,11-15,18,21-24,27,30-31,33-34,36-40,42-43,45-49,51-52,54-61H2,1-3H3,(H,67,70)/b10-7-,19-16-,20-17-,28-25-,29-26-,35-32-,44-41-,53-50-. The number of amides is 1. The van der Waals surface area contributed by atoms with Crippen LogP contribution in [0.2, 0.25) is 0 Å². The topological polar surface area (TPSA) is 95.9 Å². The molecule has 0 saturated heterocycles. The molecule has 414 valence electrons. The van der Waals surface area contributed by atoms with Crippen molar-refractivity contribution in [3.8, 4) is 0 Å². The molecule has 0 aliphatic rings. The largest absolute Gasteiger partial charge is 0.462 e. The van der Waals surface area contributed by atoms with Crippen molar-refractivity contribution in [2.24, 2.45) is 0 Å². The molecule has 3 unspecified atom stereocenters. The van der Waals surface area contributed by atoms with Gasteiger partial charge in [-0.25, -0.2) is 0 Å². The first kappa shape index (κ1) is 68.8. The Bertz CT molecular complexity index is 1400. The second-order valence-electron chi connectivity index (χ2n) is 20.4. The second-order valence-corrected chi connectivity index (χ2v) is 20.4. The fourth-order valence-corrected chi connectivity index (χ4v) is 8.84. The van der Waals surface area contributed by atoms with Gasteiger partial charge in [0, 0.05) is 6.42 Å². The van der Waals surface area contributed by atoms with Gasteiger partial charge in [-0.3, -0.25) is 9.59 Å². The van der Waals surface area contributed by atoms with Crippen molar-refractivity contribution in [2.45, 2.75) is 302 Å². The number of allylic oxidation sites excluding steroid dienone is 16. The van der Waals surface area contributed by atoms with Gasteiger partial charge in [-0.15, -0.1) is 0 Å². The van der Waals surface area contributed by atoms with Crippen molar-refractivity contribution < 1.29 is 24.5 Å². The van der Waals surface area contributed by atoms with Crippen LogP contribution in [0, 0.1) is 0 Å². The molecule has 0 aromatic carbocycles. The first-order valence-corrected chi connectivity index (χ1v) is 30.5. The SMILES string of the molecule is CC/C=C\C/C=C\C/C=C\C/C=C\C/C=C\C/C=C\CCC(=O)OC(CCCCCCCCC/C=C\C/C=C\CCCCC)CC(=O)NC(CO)C(O)CCCCCCCCCCCCCCCCCCC. The molecule has 0 aliphatic heterocycles. The average molecular weight is 1000 g/mol. The van der Waals surface area contributed by atoms with Crippen molar-refractivity contribution in [3.63, 3.8) is 0 Å². The van der Waals surface area contributed by atoms with Crippen LogP contribution in [0.3, 0.4) is 0 Å². The van der Waals surface area contributed by atoms with Gasteiger partial charge in [0.2, 0.25) is 5.91 Å². The molecule has 0 bridgehead atoms. The summed E-state index contributed by atoms with van der Waals surface area (Å²) >= 11 is 0. The smallest absolute Gasteiger partial charge is 0.306 e. The summed E-state index contributed by atoms with van der Waals surface area (Å²) in [5.41, 5.74) is 0. The molecule has 0 aromatic rings. The number of ether oxygens (including phenoxy) is 1. The van der Waals surface area contributed by atoms with E-state index < -0.39 is 18.2 Å². The third-order valence-corrected chi connectivity index (χ3v) is 13.4. The number of nitrogens with one attached hydrogen (secondary N) is 1. The average Bonchev–Trinajstić information content (AvgIpc) is 3.37. The Hall–Kier alpha value is -3.22. The predicted molar refractivity (Wildman–Crippen MR) is 314 cm³/mol. The highest BCUT2D eigenvalue weighted by atomic mass is 16.5. The summed E-state index contributed by atoms with van der Waals surface area (Å²) in [5.74, 6) is -0.579. The number of rotatable bonds is 54. The van der Waals surface area contributed by atoms with Gasteiger partial charge in [-0.2, -0.15) is 0 Å². The van der Waals surface area contributed by atoms with Crippen molar-refractivity contribution in [3.05, 3.63) is 97.2 Å². The van der Waals surface area contributed by atoms with Crippen molar-refractivity contribution >= 4 is 11.9 Å². The van der Waals surface area contributed by atoms with Crippen LogP contribution in [0.4, 0.5) is 0 Å². The molecule has 0 aliphatic carbocycles. The van der Waals surface area contributed by atoms with Crippen molar-refractivity contribution in [1.82, 2.24) is 5.32 Å². The van der Waals surface area contributed by atoms with Crippen LogP contribution in [0.5, 0.6) is 0 Å². The lowest BCUT2D eigenvalue weighted by Crippen LogP contribution is -2.46. The molecule has 1 amide bonds. The molecule has 0 radical (unpaired) electrons. The van der Waals surface area contributed by atoms with Gasteiger partial charge in [0.1, 0.15) is 6.10 Å². The summed E-state index contributed by atoms with van der Waals surface area (Å²) in [6, 6.07) is -0.726. The maximum atomic E-state index is 13.3. The van der Waals surface area contributed by atoms with Crippen LogP contribution in [0.25, 0.3) is 0 Å². The summed E-state index contributed by atoms with van der Waals surface area (Å²) in [6.07, 6.45) is 79.1. The quantitative estimate of drug-likeness (QED) is 0.0321. The highest BCUT2D eigenvalue weighted by Crippen LogP contribution is 2.18. The van der Waals surface area contributed by atoms with E-state index >= 15 is 0 Å². The van der Waals surface area contributed by atoms with Crippen molar-refractivity contribution in [1.29, 1.82) is 0 Å². The molecule has 0 rings (SSSR count). The number of hydrogen-bond acceptors (Lipinski definition) is 5. The van der Waals surface area contributed by atoms with E-state index in [-0.39, 0.29) is 31.3 Å². The minimum Gasteiger partial charge on any atom is -0.462 e. The van der Waals surface area contributed by atoms with E-state index in [0.717, 1.165) is 89.9 Å². The minimum absolute atomic E-state index is 0.0379. The van der Waals surface area contributed by atoms with Gasteiger partial charge >= 0.3 is 5.97 Å². The maximum absolute atomic E-state index is 13.3. The van der Waals surface area contributed by atoms with Gasteiger partial charge < -0.3 is 20.3 Å². The Labute approximate surface area is 446 Å². The van der Waals surface area contributed by atoms with E-state index in [1.807, 2.05) is 6.08 Å². The van der Waals surface area contributed by atoms with Gasteiger partial charge in [-0.05, 0) is 96.3 Å². The fourth-order valence-electron chi connectivity index (χ4n) is 8.84. The van der Waals surface area contributed by atoms with E-state index in [0.29, 0.717) is 19.3 Å². The Kier molecular flexibility index (Phi) is 56.0. The fraction of sp³-hybridized carbons (Fsp3) is 0.727. The molecule has 0 spiro atoms. The summed E-state index contributed by atoms with van der Waals surface area (Å²) in [6.45, 7) is 6.35. The molecule has 0 saturated carbocycles. The number of esters is 1. The zero-order chi connectivity index (χ0) is 52.3. The lowest BCUT2D eigenvalue weighted by molar-refractivity contribution is -0.150. The van der Waals surface area contributed by atoms with Crippen LogP contribution >= 0.6 is 0 Å². The van der Waals surface area contributed by atoms with Crippen molar-refractivity contribution in [2.75, 3.05) is 6.61 Å². The summed E-state index contributed by atoms with van der Waals surface area (Å²) in [4.78, 5) is 26.3. The van der Waals surface area contributed by atoms with E-state index in [9.17, 15) is 19.8 Å². The lowest BCUT2D eigenvalue weighted by Gasteiger charge is -2.24. The summed E-state index contributed by atoms with van der Waals surface area (Å²) in [5, 5.41) is 23.9. The Balaban J connectivity index is 4.68. The summed E-state index contributed by atoms with van der Waals surface area (Å²) in [7, 11) is 0. The second kappa shape index (κ2) is 58.7. The molecular weight excluding hydrogens is 887 g/mol. The number of carbonyl (C=O) groups is 2. The minimum atomic E-state index is -0.809. The van der Waals surface area contributed by atoms with E-state index in [2.05, 4.69) is 117 Å². The van der Waals surface area contributed by atoms with Crippen LogP contribution in [0.1, 0.15) is 284 Å². The highest BCUT2D eigenvalue weighted by molar-refractivity contribution is 5.77. The Morgan fingerprint density at radius 2 is 0.750 bits per heavy atom. The van der Waals surface area contributed by atoms with E-state index in [1.54, 1.807) is 0 Å². The number of aliphatic hydroxyl groups excluding tert-OH is 2. The molecule has 3 atom stereocenters. The monoisotopic (exact) mass is 1000 g/mol. The molecule has 6 heteroatoms. The number of hydrogen-bond donors (Lipinski definition) is 3. The van der Waals surface area contributed by atoms with E-state index in [1.165, 1.54) is 141 Å². The van der Waals surface area contributed by atoms with Gasteiger partial charge in [0.25, 0.3) is 0 Å². The zero-order valence-corrected chi connectivity index (χ0v) is 47.3. The number of carbonyl (C=O) groups excluding carboxylic acids is 2. The first-order chi connectivity index (χ1) is 35.5. The zero-order valence-electron chi connectivity index (χ0n) is 47.3. The Morgan fingerprint density at radius 3 is 1.17 bits per heavy atom. The maximum Gasteiger partial charge on any atom is 0.306 e. The molecule has 0 fully saturated rings. The lowest BCUT2D eigenvalue weighted by atomic mass is 10.0. The van der Waals surface area contributed by atoms with Gasteiger partial charge in [-0.1, -0.05) is 272 Å². The van der Waals surface area contributed by atoms with Crippen LogP contribution in [-0.4, -0.2) is 46.9 Å². The normalized spacial score (nSPS) is 13.8. The molecule has 3 N–H and O–H groups in total. The van der Waals surface area contributed by atoms with Crippen LogP contribution < -0.4 is 5.32 Å². The number of aliphatic hydroxyl groups is 2. The molecule has 0 aromatic heterocycles. The predicted octanol–water partition coefficient (Wildman–Crippen LogP) is 19.2. The molecular formula is C66H115NO5. The molecule has 6 nitrogen and oxygen atoms in total. The Morgan fingerprint density at radius 1 is 0.417 bits per heavy atom. The number of unbranched alkanes of at least 4 members (excludes halogenated alkanes) is 26. The summed E-state index contributed by atoms with van der Waals surface area (Å²) < 4.78 is 5.93. The van der Waals surface area contributed by atoms with E-state index in [4.69, 9.17) is 4.74 Å². The highest BCUT2D eigenvalue weighted by Gasteiger charge is 2.24. The third-order valence-electron chi connectivity index (χ3n) is 13.4. The van der Waals surface area contributed by atoms with Crippen LogP contribution in [0.15, 0.2) is 97.2 Å². The third kappa shape index (κ3) is 53.1. The van der Waals surface area contributed by atoms with Gasteiger partial charge in [0.05, 0.1) is 25.2 Å². The molecule has 0 heterocycles. The van der Waals surface area contributed by atoms with Gasteiger partial charge in [0.15, 0.2) is 0 Å².